The van der Waals surface area contributed by atoms with Gasteiger partial charge in [0.1, 0.15) is 17.6 Å². The number of nitrogens with zero attached hydrogens (tertiary/aromatic N) is 5. The first-order chi connectivity index (χ1) is 13.6. The third-order valence-electron chi connectivity index (χ3n) is 5.12. The Morgan fingerprint density at radius 3 is 2.45 bits per heavy atom. The van der Waals surface area contributed by atoms with E-state index in [1.165, 1.54) is 10.6 Å². The van der Waals surface area contributed by atoms with Gasteiger partial charge in [0.2, 0.25) is 5.91 Å². The topological polar surface area (TPSA) is 73.0 Å². The molecule has 0 spiro atoms. The van der Waals surface area contributed by atoms with Gasteiger partial charge in [0.05, 0.1) is 19.6 Å². The number of carbonyl (C=O) groups excluding carboxylic acids is 1. The van der Waals surface area contributed by atoms with Gasteiger partial charge < -0.3 is 4.90 Å². The Morgan fingerprint density at radius 1 is 1.17 bits per heavy atom. The second kappa shape index (κ2) is 6.92. The van der Waals surface area contributed by atoms with E-state index in [-0.39, 0.29) is 19.6 Å². The maximum absolute atomic E-state index is 13.4. The number of alkyl halides is 5. The molecule has 0 bridgehead atoms. The van der Waals surface area contributed by atoms with E-state index in [4.69, 9.17) is 0 Å². The molecule has 0 aromatic carbocycles. The van der Waals surface area contributed by atoms with Gasteiger partial charge in [-0.1, -0.05) is 6.07 Å². The predicted molar refractivity (Wildman–Crippen MR) is 88.6 cm³/mol. The molecule has 7 nitrogen and oxygen atoms in total. The van der Waals surface area contributed by atoms with E-state index >= 15 is 0 Å². The molecule has 1 amide bonds. The molecule has 0 radical (unpaired) electrons. The number of hydrogen-bond acceptors (Lipinski definition) is 4. The average molecular weight is 417 g/mol. The molecule has 4 heterocycles. The minimum atomic E-state index is -4.56. The first kappa shape index (κ1) is 19.5. The molecule has 2 aromatic heterocycles. The van der Waals surface area contributed by atoms with Gasteiger partial charge in [-0.25, -0.2) is 18.3 Å². The van der Waals surface area contributed by atoms with Crippen LogP contribution in [0.3, 0.4) is 0 Å². The molecule has 12 heteroatoms. The summed E-state index contributed by atoms with van der Waals surface area (Å²) in [6.07, 6.45) is -6.42. The zero-order chi connectivity index (χ0) is 20.9. The van der Waals surface area contributed by atoms with Crippen LogP contribution in [0.25, 0.3) is 0 Å². The summed E-state index contributed by atoms with van der Waals surface area (Å²) >= 11 is 0. The van der Waals surface area contributed by atoms with E-state index in [0.717, 1.165) is 21.8 Å². The molecule has 2 aliphatic heterocycles. The summed E-state index contributed by atoms with van der Waals surface area (Å²) in [7, 11) is 0. The lowest BCUT2D eigenvalue weighted by atomic mass is 10.2. The van der Waals surface area contributed by atoms with Crippen molar-refractivity contribution in [3.63, 3.8) is 0 Å². The number of rotatable bonds is 3. The molecule has 29 heavy (non-hydrogen) atoms. The van der Waals surface area contributed by atoms with Gasteiger partial charge in [0.15, 0.2) is 12.3 Å². The molecule has 156 valence electrons. The summed E-state index contributed by atoms with van der Waals surface area (Å²) in [6, 6.07) is 1.11. The fraction of sp³-hybridized carbons (Fsp3) is 0.529. The summed E-state index contributed by atoms with van der Waals surface area (Å²) in [6.45, 7) is -0.828. The predicted octanol–water partition coefficient (Wildman–Crippen LogP) is 1.51. The zero-order valence-corrected chi connectivity index (χ0v) is 14.9. The lowest BCUT2D eigenvalue weighted by Gasteiger charge is -2.20. The number of halogens is 5. The fourth-order valence-electron chi connectivity index (χ4n) is 3.65. The Morgan fingerprint density at radius 2 is 1.86 bits per heavy atom. The number of carbonyl (C=O) groups is 1. The maximum atomic E-state index is 13.4. The van der Waals surface area contributed by atoms with Crippen LogP contribution in [-0.4, -0.2) is 55.6 Å². The number of likely N-dealkylation sites (tertiary alicyclic amines) is 1. The van der Waals surface area contributed by atoms with Crippen LogP contribution in [0.1, 0.15) is 29.5 Å². The molecule has 0 aliphatic carbocycles. The van der Waals surface area contributed by atoms with Gasteiger partial charge in [-0.15, -0.1) is 0 Å². The second-order valence-corrected chi connectivity index (χ2v) is 7.11. The van der Waals surface area contributed by atoms with Gasteiger partial charge in [0, 0.05) is 12.6 Å². The van der Waals surface area contributed by atoms with E-state index in [1.807, 2.05) is 0 Å². The van der Waals surface area contributed by atoms with Crippen molar-refractivity contribution in [1.29, 1.82) is 0 Å². The summed E-state index contributed by atoms with van der Waals surface area (Å²) in [5, 5.41) is 4.14. The summed E-state index contributed by atoms with van der Waals surface area (Å²) in [5.41, 5.74) is -1.32. The van der Waals surface area contributed by atoms with Crippen molar-refractivity contribution >= 4 is 5.91 Å². The van der Waals surface area contributed by atoms with Gasteiger partial charge >= 0.3 is 11.9 Å². The molecular formula is C17H16F5N5O2. The van der Waals surface area contributed by atoms with Crippen LogP contribution in [0, 0.1) is 0 Å². The highest BCUT2D eigenvalue weighted by atomic mass is 19.4. The fourth-order valence-corrected chi connectivity index (χ4v) is 3.65. The van der Waals surface area contributed by atoms with E-state index in [1.54, 1.807) is 0 Å². The Balaban J connectivity index is 1.54. The van der Waals surface area contributed by atoms with E-state index in [0.29, 0.717) is 24.2 Å². The molecule has 1 saturated heterocycles. The van der Waals surface area contributed by atoms with Crippen molar-refractivity contribution in [2.45, 2.75) is 43.9 Å². The van der Waals surface area contributed by atoms with E-state index in [9.17, 15) is 31.5 Å². The van der Waals surface area contributed by atoms with Crippen molar-refractivity contribution in [2.24, 2.45) is 0 Å². The highest BCUT2D eigenvalue weighted by molar-refractivity contribution is 5.81. The highest BCUT2D eigenvalue weighted by Gasteiger charge is 2.41. The third-order valence-corrected chi connectivity index (χ3v) is 5.12. The molecule has 0 N–H and O–H groups in total. The van der Waals surface area contributed by atoms with Crippen LogP contribution in [0.15, 0.2) is 23.1 Å². The molecule has 3 atom stereocenters. The van der Waals surface area contributed by atoms with Crippen LogP contribution in [-0.2, 0) is 23.9 Å². The normalized spacial score (nSPS) is 24.2. The van der Waals surface area contributed by atoms with E-state index < -0.39 is 41.9 Å². The quantitative estimate of drug-likeness (QED) is 0.710. The van der Waals surface area contributed by atoms with E-state index in [2.05, 4.69) is 10.1 Å². The number of fused-ring (bicyclic) bond motifs is 1. The van der Waals surface area contributed by atoms with Gasteiger partial charge in [0.25, 0.3) is 0 Å². The van der Waals surface area contributed by atoms with Gasteiger partial charge in [-0.2, -0.15) is 18.3 Å². The van der Waals surface area contributed by atoms with Gasteiger partial charge in [-0.3, -0.25) is 14.3 Å². The minimum Gasteiger partial charge on any atom is -0.335 e. The monoisotopic (exact) mass is 417 g/mol. The number of amides is 1. The number of pyridine rings is 1. The third kappa shape index (κ3) is 3.51. The molecule has 2 aliphatic rings. The SMILES string of the molecule is O=C(C1CCc2nn(Cc3ccc(C(F)(F)F)nc3)c(=O)n21)N1CC(F)C(F)C1. The standard InChI is InChI=1S/C17H16F5N5O2/c18-10-7-25(8-11(10)19)15(28)12-2-4-14-24-26(16(29)27(12)14)6-9-1-3-13(23-5-9)17(20,21)22/h1,3,5,10-12H,2,4,6-8H2. The lowest BCUT2D eigenvalue weighted by Crippen LogP contribution is -2.39. The van der Waals surface area contributed by atoms with Crippen molar-refractivity contribution in [2.75, 3.05) is 13.1 Å². The van der Waals surface area contributed by atoms with Crippen molar-refractivity contribution in [1.82, 2.24) is 24.2 Å². The smallest absolute Gasteiger partial charge is 0.335 e. The number of aryl methyl sites for hydroxylation is 1. The van der Waals surface area contributed by atoms with Crippen LogP contribution >= 0.6 is 0 Å². The second-order valence-electron chi connectivity index (χ2n) is 7.11. The molecule has 4 rings (SSSR count). The Hall–Kier alpha value is -2.79. The first-order valence-electron chi connectivity index (χ1n) is 8.92. The molecule has 3 unspecified atom stereocenters. The summed E-state index contributed by atoms with van der Waals surface area (Å²) in [5.74, 6) is -0.189. The maximum Gasteiger partial charge on any atom is 0.433 e. The number of aromatic nitrogens is 4. The van der Waals surface area contributed by atoms with Crippen molar-refractivity contribution in [3.8, 4) is 0 Å². The molecule has 1 fully saturated rings. The minimum absolute atomic E-state index is 0.117. The lowest BCUT2D eigenvalue weighted by molar-refractivity contribution is -0.141. The largest absolute Gasteiger partial charge is 0.433 e. The Bertz CT molecular complexity index is 974. The summed E-state index contributed by atoms with van der Waals surface area (Å²) in [4.78, 5) is 29.7. The molecule has 0 saturated carbocycles. The van der Waals surface area contributed by atoms with Crippen LogP contribution in [0.2, 0.25) is 0 Å². The molecule has 2 aromatic rings. The van der Waals surface area contributed by atoms with Crippen LogP contribution in [0.4, 0.5) is 22.0 Å². The molecular weight excluding hydrogens is 401 g/mol. The Labute approximate surface area is 160 Å². The highest BCUT2D eigenvalue weighted by Crippen LogP contribution is 2.28. The first-order valence-corrected chi connectivity index (χ1v) is 8.92. The Kier molecular flexibility index (Phi) is 4.66. The van der Waals surface area contributed by atoms with Crippen LogP contribution in [0.5, 0.6) is 0 Å². The van der Waals surface area contributed by atoms with Crippen molar-refractivity contribution in [3.05, 3.63) is 45.9 Å². The number of hydrogen-bond donors (Lipinski definition) is 0. The van der Waals surface area contributed by atoms with Gasteiger partial charge in [-0.05, 0) is 18.1 Å². The summed E-state index contributed by atoms with van der Waals surface area (Å²) < 4.78 is 66.8. The van der Waals surface area contributed by atoms with Crippen molar-refractivity contribution < 1.29 is 26.7 Å². The van der Waals surface area contributed by atoms with Crippen LogP contribution < -0.4 is 5.69 Å². The average Bonchev–Trinajstić information content (AvgIpc) is 3.31. The zero-order valence-electron chi connectivity index (χ0n) is 14.9.